The number of ether oxygens (including phenoxy) is 5. The fraction of sp³-hybridized carbons (Fsp3) is 0.457. The number of amides is 1. The number of carbonyl (C=O) groups is 3. The minimum atomic E-state index is -2.08. The number of nitrogens with one attached hydrogen (secondary N) is 1. The van der Waals surface area contributed by atoms with Crippen LogP contribution in [0.15, 0.2) is 69.6 Å². The SMILES string of the molecule is CO[C@H]1/C=C/O[C@@]2(C)Oc3c(C)c(=O)c4c(O)c(c5oc6ccccc6nc5c4c3C2=O)NC(=O)/C(C)=C\C=C\[C@H](C)[C@H](O)[C@@H](C)[C@@H](O)[C@@H](C)[C@H](OC(=O)OCC(O)CCO)[C@@H]1C. The molecule has 338 valence electrons. The highest BCUT2D eigenvalue weighted by molar-refractivity contribution is 6.26. The number of nitrogens with zero attached hydrogens (tertiary/aromatic N) is 1. The van der Waals surface area contributed by atoms with E-state index in [-0.39, 0.29) is 68.6 Å². The lowest BCUT2D eigenvalue weighted by Crippen LogP contribution is -2.47. The van der Waals surface area contributed by atoms with Crippen LogP contribution in [0.3, 0.4) is 0 Å². The molecule has 17 heteroatoms. The highest BCUT2D eigenvalue weighted by atomic mass is 16.7. The maximum absolute atomic E-state index is 14.6. The molecule has 1 unspecified atom stereocenters. The lowest BCUT2D eigenvalue weighted by Gasteiger charge is -2.37. The molecule has 0 fully saturated rings. The molecule has 0 saturated carbocycles. The monoisotopic (exact) mass is 874 g/mol. The number of hydrogen-bond acceptors (Lipinski definition) is 16. The Morgan fingerprint density at radius 1 is 1.00 bits per heavy atom. The van der Waals surface area contributed by atoms with Crippen molar-refractivity contribution >= 4 is 56.5 Å². The molecular formula is C46H54N2O15. The van der Waals surface area contributed by atoms with Crippen molar-refractivity contribution in [3.63, 3.8) is 0 Å². The average molecular weight is 875 g/mol. The zero-order chi connectivity index (χ0) is 46.1. The number of hydrogen-bond donors (Lipinski definition) is 6. The minimum Gasteiger partial charge on any atom is -0.505 e. The number of aliphatic hydroxyl groups excluding tert-OH is 4. The largest absolute Gasteiger partial charge is 0.508 e. The van der Waals surface area contributed by atoms with Gasteiger partial charge in [0.05, 0.1) is 41.6 Å². The highest BCUT2D eigenvalue weighted by Crippen LogP contribution is 2.48. The molecule has 2 aliphatic rings. The standard InChI is InChI=1S/C46H54N2O15/c1-21-12-11-13-22(2)44(56)48-35-39(54)32-31(34-42(35)61-30-15-10-9-14-28(30)47-34)33-41(26(6)38(32)53)63-46(7,43(33)55)60-19-17-29(58-8)23(3)40(25(5)37(52)24(4)36(21)51)62-45(57)59-20-27(50)16-18-49/h9-15,17,19,21,23-25,27,29,36-37,40,49-52,54H,16,18,20H2,1-8H3,(H,48,56)/b12-11+,19-17+,22-13-/t21-,23+,24+,25+,27?,29-,36-,37+,40+,46-/m0/s1. The van der Waals surface area contributed by atoms with Gasteiger partial charge in [-0.3, -0.25) is 14.4 Å². The summed E-state index contributed by atoms with van der Waals surface area (Å²) >= 11 is 0. The topological polar surface area (TPSA) is 254 Å². The first-order valence-electron chi connectivity index (χ1n) is 20.7. The van der Waals surface area contributed by atoms with Crippen molar-refractivity contribution in [1.82, 2.24) is 4.98 Å². The number of allylic oxidation sites excluding steroid dienone is 2. The van der Waals surface area contributed by atoms with Gasteiger partial charge in [0.1, 0.15) is 35.2 Å². The quantitative estimate of drug-likeness (QED) is 0.0620. The van der Waals surface area contributed by atoms with E-state index >= 15 is 0 Å². The summed E-state index contributed by atoms with van der Waals surface area (Å²) in [5.41, 5.74) is -0.490. The Kier molecular flexibility index (Phi) is 14.0. The van der Waals surface area contributed by atoms with Gasteiger partial charge in [-0.15, -0.1) is 0 Å². The van der Waals surface area contributed by atoms with Gasteiger partial charge in [0.2, 0.25) is 0 Å². The molecule has 63 heavy (non-hydrogen) atoms. The lowest BCUT2D eigenvalue weighted by molar-refractivity contribution is -0.112. The molecule has 3 aromatic carbocycles. The van der Waals surface area contributed by atoms with E-state index in [1.165, 1.54) is 40.0 Å². The number of anilines is 1. The van der Waals surface area contributed by atoms with E-state index in [2.05, 4.69) is 5.32 Å². The molecule has 0 spiro atoms. The van der Waals surface area contributed by atoms with Crippen LogP contribution < -0.4 is 15.5 Å². The lowest BCUT2D eigenvalue weighted by atomic mass is 9.78. The van der Waals surface area contributed by atoms with Gasteiger partial charge in [0.15, 0.2) is 22.3 Å². The van der Waals surface area contributed by atoms with Gasteiger partial charge in [-0.1, -0.05) is 58.1 Å². The van der Waals surface area contributed by atoms with Crippen molar-refractivity contribution in [2.75, 3.05) is 25.6 Å². The predicted molar refractivity (Wildman–Crippen MR) is 230 cm³/mol. The number of aromatic hydroxyl groups is 1. The number of para-hydroxylation sites is 2. The fourth-order valence-corrected chi connectivity index (χ4v) is 8.10. The first-order chi connectivity index (χ1) is 29.8. The van der Waals surface area contributed by atoms with Crippen LogP contribution in [-0.4, -0.2) is 105 Å². The summed E-state index contributed by atoms with van der Waals surface area (Å²) in [6.07, 6.45) is 0.406. The van der Waals surface area contributed by atoms with Crippen molar-refractivity contribution < 1.29 is 68.0 Å². The first-order valence-corrected chi connectivity index (χ1v) is 20.7. The van der Waals surface area contributed by atoms with E-state index < -0.39 is 95.6 Å². The van der Waals surface area contributed by atoms with Crippen LogP contribution in [0.25, 0.3) is 33.0 Å². The number of rotatable bonds is 6. The van der Waals surface area contributed by atoms with Crippen molar-refractivity contribution in [3.8, 4) is 11.5 Å². The van der Waals surface area contributed by atoms with Gasteiger partial charge < -0.3 is 59.0 Å². The molecule has 0 radical (unpaired) electrons. The summed E-state index contributed by atoms with van der Waals surface area (Å²) in [4.78, 5) is 60.4. The number of ketones is 1. The number of aliphatic hydroxyl groups is 4. The van der Waals surface area contributed by atoms with Crippen LogP contribution in [0.2, 0.25) is 0 Å². The summed E-state index contributed by atoms with van der Waals surface area (Å²) < 4.78 is 35.2. The van der Waals surface area contributed by atoms with Crippen molar-refractivity contribution in [3.05, 3.63) is 81.8 Å². The van der Waals surface area contributed by atoms with Gasteiger partial charge in [-0.2, -0.15) is 0 Å². The van der Waals surface area contributed by atoms with Gasteiger partial charge >= 0.3 is 11.9 Å². The van der Waals surface area contributed by atoms with E-state index in [1.807, 2.05) is 0 Å². The molecule has 1 amide bonds. The van der Waals surface area contributed by atoms with Crippen LogP contribution >= 0.6 is 0 Å². The predicted octanol–water partition coefficient (Wildman–Crippen LogP) is 5.33. The van der Waals surface area contributed by atoms with Crippen LogP contribution in [0.5, 0.6) is 11.5 Å². The average Bonchev–Trinajstić information content (AvgIpc) is 3.53. The summed E-state index contributed by atoms with van der Waals surface area (Å²) in [5, 5.41) is 56.5. The number of fused-ring (bicyclic) bond motifs is 2. The maximum atomic E-state index is 14.6. The smallest absolute Gasteiger partial charge is 0.505 e. The second-order valence-corrected chi connectivity index (χ2v) is 16.4. The van der Waals surface area contributed by atoms with Gasteiger partial charge in [-0.05, 0) is 38.5 Å². The first kappa shape index (κ1) is 46.6. The molecular weight excluding hydrogens is 821 g/mol. The number of aromatic nitrogens is 1. The Hall–Kier alpha value is -5.85. The number of methoxy groups -OCH3 is 1. The molecule has 4 bridgehead atoms. The fourth-order valence-electron chi connectivity index (χ4n) is 8.10. The van der Waals surface area contributed by atoms with Crippen LogP contribution in [-0.2, 0) is 23.7 Å². The molecule has 4 aromatic rings. The van der Waals surface area contributed by atoms with Crippen molar-refractivity contribution in [1.29, 1.82) is 0 Å². The zero-order valence-corrected chi connectivity index (χ0v) is 36.3. The number of benzene rings is 3. The minimum absolute atomic E-state index is 0.0214. The summed E-state index contributed by atoms with van der Waals surface area (Å²) in [6, 6.07) is 6.71. The third-order valence-corrected chi connectivity index (χ3v) is 12.0. The second-order valence-electron chi connectivity index (χ2n) is 16.4. The summed E-state index contributed by atoms with van der Waals surface area (Å²) in [5.74, 6) is -7.31. The Morgan fingerprint density at radius 3 is 2.41 bits per heavy atom. The third kappa shape index (κ3) is 9.01. The second kappa shape index (κ2) is 18.9. The van der Waals surface area contributed by atoms with E-state index in [4.69, 9.17) is 38.2 Å². The Balaban J connectivity index is 1.51. The van der Waals surface area contributed by atoms with Crippen LogP contribution in [0.1, 0.15) is 63.9 Å². The van der Waals surface area contributed by atoms with Crippen LogP contribution in [0.4, 0.5) is 10.5 Å². The van der Waals surface area contributed by atoms with E-state index in [1.54, 1.807) is 64.1 Å². The molecule has 2 aliphatic heterocycles. The molecule has 3 heterocycles. The van der Waals surface area contributed by atoms with E-state index in [0.29, 0.717) is 5.52 Å². The normalized spacial score (nSPS) is 29.4. The molecule has 10 atom stereocenters. The molecule has 6 N–H and O–H groups in total. The molecule has 6 rings (SSSR count). The molecule has 17 nitrogen and oxygen atoms in total. The number of carbonyl (C=O) groups excluding carboxylic acids is 3. The third-order valence-electron chi connectivity index (χ3n) is 12.0. The van der Waals surface area contributed by atoms with Crippen LogP contribution in [0, 0.1) is 30.6 Å². The number of phenols is 1. The zero-order valence-electron chi connectivity index (χ0n) is 36.3. The number of Topliss-reactive ketones (excluding diaryl/α,β-unsaturated/α-hetero) is 1. The molecule has 1 aromatic heterocycles. The molecule has 0 aliphatic carbocycles. The Labute approximate surface area is 362 Å². The number of phenolic OH excluding ortho intramolecular Hbond substituents is 1. The van der Waals surface area contributed by atoms with Gasteiger partial charge in [0, 0.05) is 60.8 Å². The summed E-state index contributed by atoms with van der Waals surface area (Å²) in [6.45, 7) is 10.1. The van der Waals surface area contributed by atoms with Gasteiger partial charge in [0.25, 0.3) is 11.7 Å². The van der Waals surface area contributed by atoms with E-state index in [0.717, 1.165) is 6.26 Å². The van der Waals surface area contributed by atoms with Crippen molar-refractivity contribution in [2.24, 2.45) is 23.7 Å². The van der Waals surface area contributed by atoms with E-state index in [9.17, 15) is 39.6 Å². The highest BCUT2D eigenvalue weighted by Gasteiger charge is 2.49. The van der Waals surface area contributed by atoms with Gasteiger partial charge in [-0.25, -0.2) is 9.78 Å². The Bertz CT molecular complexity index is 2560. The molecule has 0 saturated heterocycles. The summed E-state index contributed by atoms with van der Waals surface area (Å²) in [7, 11) is 1.38. The Morgan fingerprint density at radius 2 is 1.71 bits per heavy atom. The maximum Gasteiger partial charge on any atom is 0.508 e. The van der Waals surface area contributed by atoms with Crippen molar-refractivity contribution in [2.45, 2.75) is 91.2 Å².